The average Bonchev–Trinajstić information content (AvgIpc) is 3.33. The summed E-state index contributed by atoms with van der Waals surface area (Å²) in [5.74, 6) is 1.56. The zero-order valence-corrected chi connectivity index (χ0v) is 14.1. The molecule has 7 nitrogen and oxygen atoms in total. The number of carbonyl (C=O) groups excluding carboxylic acids is 1. The van der Waals surface area contributed by atoms with Gasteiger partial charge in [-0.25, -0.2) is 9.78 Å². The van der Waals surface area contributed by atoms with Crippen LogP contribution in [-0.4, -0.2) is 46.8 Å². The van der Waals surface area contributed by atoms with E-state index >= 15 is 0 Å². The van der Waals surface area contributed by atoms with Gasteiger partial charge in [0.1, 0.15) is 13.2 Å². The Balaban J connectivity index is 1.40. The molecule has 1 atom stereocenters. The molecule has 0 saturated carbocycles. The van der Waals surface area contributed by atoms with Gasteiger partial charge in [-0.15, -0.1) is 0 Å². The number of benzene rings is 1. The number of urea groups is 1. The minimum atomic E-state index is -0.0162. The summed E-state index contributed by atoms with van der Waals surface area (Å²) in [5, 5.41) is 3.01. The summed E-state index contributed by atoms with van der Waals surface area (Å²) >= 11 is 0. The summed E-state index contributed by atoms with van der Waals surface area (Å²) in [7, 11) is 0. The van der Waals surface area contributed by atoms with Crippen molar-refractivity contribution in [3.63, 3.8) is 0 Å². The maximum Gasteiger partial charge on any atom is 0.317 e. The first-order valence-corrected chi connectivity index (χ1v) is 8.71. The molecule has 0 unspecified atom stereocenters. The Morgan fingerprint density at radius 2 is 2.16 bits per heavy atom. The molecule has 1 saturated heterocycles. The molecule has 0 bridgehead atoms. The number of hydrogen-bond donors (Lipinski definition) is 1. The molecular formula is C18H22N4O3. The number of aromatic nitrogens is 2. The van der Waals surface area contributed by atoms with Crippen LogP contribution in [0.4, 0.5) is 4.79 Å². The molecule has 1 aromatic heterocycles. The highest BCUT2D eigenvalue weighted by atomic mass is 16.6. The van der Waals surface area contributed by atoms with Gasteiger partial charge in [-0.1, -0.05) is 6.07 Å². The lowest BCUT2D eigenvalue weighted by molar-refractivity contribution is 0.170. The summed E-state index contributed by atoms with van der Waals surface area (Å²) in [6.45, 7) is 3.23. The fraction of sp³-hybridized carbons (Fsp3) is 0.444. The molecule has 0 aliphatic carbocycles. The van der Waals surface area contributed by atoms with Gasteiger partial charge in [0, 0.05) is 32.0 Å². The molecule has 3 heterocycles. The van der Waals surface area contributed by atoms with Crippen LogP contribution >= 0.6 is 0 Å². The van der Waals surface area contributed by atoms with Crippen LogP contribution in [0.5, 0.6) is 11.5 Å². The number of fused-ring (bicyclic) bond motifs is 1. The number of hydrogen-bond acceptors (Lipinski definition) is 4. The predicted octanol–water partition coefficient (Wildman–Crippen LogP) is 2.20. The third-order valence-corrected chi connectivity index (χ3v) is 4.67. The van der Waals surface area contributed by atoms with E-state index in [1.54, 1.807) is 12.5 Å². The molecule has 2 aliphatic rings. The van der Waals surface area contributed by atoms with Gasteiger partial charge in [-0.2, -0.15) is 0 Å². The Morgan fingerprint density at radius 1 is 1.28 bits per heavy atom. The van der Waals surface area contributed by atoms with E-state index in [0.29, 0.717) is 26.3 Å². The SMILES string of the molecule is O=C(NCCn1ccnc1)N1CCC[C@H]1c1ccc2c(c1)OCCO2. The fourth-order valence-corrected chi connectivity index (χ4v) is 3.44. The zero-order valence-electron chi connectivity index (χ0n) is 14.1. The molecule has 4 rings (SSSR count). The van der Waals surface area contributed by atoms with E-state index in [4.69, 9.17) is 9.47 Å². The lowest BCUT2D eigenvalue weighted by Crippen LogP contribution is -2.40. The Labute approximate surface area is 146 Å². The van der Waals surface area contributed by atoms with Crippen molar-refractivity contribution in [2.24, 2.45) is 0 Å². The smallest absolute Gasteiger partial charge is 0.317 e. The monoisotopic (exact) mass is 342 g/mol. The van der Waals surface area contributed by atoms with Crippen LogP contribution in [0, 0.1) is 0 Å². The van der Waals surface area contributed by atoms with Crippen LogP contribution in [0.1, 0.15) is 24.4 Å². The van der Waals surface area contributed by atoms with Gasteiger partial charge < -0.3 is 24.3 Å². The topological polar surface area (TPSA) is 68.6 Å². The third kappa shape index (κ3) is 3.40. The van der Waals surface area contributed by atoms with Crippen molar-refractivity contribution in [1.29, 1.82) is 0 Å². The minimum Gasteiger partial charge on any atom is -0.486 e. The van der Waals surface area contributed by atoms with Gasteiger partial charge >= 0.3 is 6.03 Å². The highest BCUT2D eigenvalue weighted by Crippen LogP contribution is 2.37. The van der Waals surface area contributed by atoms with Crippen molar-refractivity contribution in [2.45, 2.75) is 25.4 Å². The van der Waals surface area contributed by atoms with Crippen molar-refractivity contribution in [3.05, 3.63) is 42.5 Å². The summed E-state index contributed by atoms with van der Waals surface area (Å²) in [4.78, 5) is 18.5. The highest BCUT2D eigenvalue weighted by Gasteiger charge is 2.30. The highest BCUT2D eigenvalue weighted by molar-refractivity contribution is 5.75. The number of rotatable bonds is 4. The van der Waals surface area contributed by atoms with Crippen LogP contribution in [0.15, 0.2) is 36.9 Å². The van der Waals surface area contributed by atoms with Crippen molar-refractivity contribution >= 4 is 6.03 Å². The molecule has 25 heavy (non-hydrogen) atoms. The van der Waals surface area contributed by atoms with E-state index < -0.39 is 0 Å². The van der Waals surface area contributed by atoms with Crippen LogP contribution in [-0.2, 0) is 6.54 Å². The van der Waals surface area contributed by atoms with Crippen LogP contribution in [0.2, 0.25) is 0 Å². The molecule has 0 spiro atoms. The first kappa shape index (κ1) is 15.8. The molecule has 0 radical (unpaired) electrons. The second-order valence-electron chi connectivity index (χ2n) is 6.29. The first-order chi connectivity index (χ1) is 12.3. The Bertz CT molecular complexity index is 732. The number of likely N-dealkylation sites (tertiary alicyclic amines) is 1. The van der Waals surface area contributed by atoms with Gasteiger partial charge in [-0.3, -0.25) is 0 Å². The van der Waals surface area contributed by atoms with E-state index in [1.165, 1.54) is 0 Å². The van der Waals surface area contributed by atoms with Crippen LogP contribution < -0.4 is 14.8 Å². The fourth-order valence-electron chi connectivity index (χ4n) is 3.44. The minimum absolute atomic E-state index is 0.0162. The van der Waals surface area contributed by atoms with E-state index in [0.717, 1.165) is 36.4 Å². The summed E-state index contributed by atoms with van der Waals surface area (Å²) in [6.07, 6.45) is 7.35. The third-order valence-electron chi connectivity index (χ3n) is 4.67. The van der Waals surface area contributed by atoms with Crippen molar-refractivity contribution in [3.8, 4) is 11.5 Å². The van der Waals surface area contributed by atoms with Gasteiger partial charge in [0.15, 0.2) is 11.5 Å². The van der Waals surface area contributed by atoms with E-state index in [1.807, 2.05) is 33.9 Å². The van der Waals surface area contributed by atoms with Crippen molar-refractivity contribution in [1.82, 2.24) is 19.8 Å². The standard InChI is InChI=1S/C18H22N4O3/c23-18(20-6-9-21-8-5-19-13-21)22-7-1-2-15(22)14-3-4-16-17(12-14)25-11-10-24-16/h3-5,8,12-13,15H,1-2,6-7,9-11H2,(H,20,23)/t15-/m0/s1. The Morgan fingerprint density at radius 3 is 3.00 bits per heavy atom. The van der Waals surface area contributed by atoms with Crippen molar-refractivity contribution < 1.29 is 14.3 Å². The molecule has 1 N–H and O–H groups in total. The molecule has 132 valence electrons. The van der Waals surface area contributed by atoms with E-state index in [2.05, 4.69) is 10.3 Å². The average molecular weight is 342 g/mol. The molecular weight excluding hydrogens is 320 g/mol. The summed E-state index contributed by atoms with van der Waals surface area (Å²) < 4.78 is 13.2. The largest absolute Gasteiger partial charge is 0.486 e. The Kier molecular flexibility index (Phi) is 4.45. The number of carbonyl (C=O) groups is 1. The van der Waals surface area contributed by atoms with Gasteiger partial charge in [0.05, 0.1) is 12.4 Å². The maximum absolute atomic E-state index is 12.6. The van der Waals surface area contributed by atoms with Crippen LogP contribution in [0.3, 0.4) is 0 Å². The van der Waals surface area contributed by atoms with E-state index in [-0.39, 0.29) is 12.1 Å². The van der Waals surface area contributed by atoms with Gasteiger partial charge in [0.25, 0.3) is 0 Å². The quantitative estimate of drug-likeness (QED) is 0.925. The van der Waals surface area contributed by atoms with Gasteiger partial charge in [0.2, 0.25) is 0 Å². The number of nitrogens with one attached hydrogen (secondary N) is 1. The van der Waals surface area contributed by atoms with E-state index in [9.17, 15) is 4.79 Å². The normalized spacial score (nSPS) is 19.0. The second-order valence-corrected chi connectivity index (χ2v) is 6.29. The van der Waals surface area contributed by atoms with Crippen molar-refractivity contribution in [2.75, 3.05) is 26.3 Å². The van der Waals surface area contributed by atoms with Crippen LogP contribution in [0.25, 0.3) is 0 Å². The molecule has 2 amide bonds. The molecule has 7 heteroatoms. The summed E-state index contributed by atoms with van der Waals surface area (Å²) in [6, 6.07) is 6.06. The molecule has 1 aromatic carbocycles. The second kappa shape index (κ2) is 7.04. The van der Waals surface area contributed by atoms with Gasteiger partial charge in [-0.05, 0) is 30.5 Å². The lowest BCUT2D eigenvalue weighted by atomic mass is 10.0. The number of amides is 2. The number of nitrogens with zero attached hydrogens (tertiary/aromatic N) is 3. The number of imidazole rings is 1. The Hall–Kier alpha value is -2.70. The number of ether oxygens (including phenoxy) is 2. The lowest BCUT2D eigenvalue weighted by Gasteiger charge is -2.27. The molecule has 1 fully saturated rings. The molecule has 2 aromatic rings. The first-order valence-electron chi connectivity index (χ1n) is 8.71. The maximum atomic E-state index is 12.6. The summed E-state index contributed by atoms with van der Waals surface area (Å²) in [5.41, 5.74) is 1.10. The predicted molar refractivity (Wildman–Crippen MR) is 91.7 cm³/mol. The molecule has 2 aliphatic heterocycles. The zero-order chi connectivity index (χ0) is 17.1.